The molecule has 2 aromatic carbocycles. The van der Waals surface area contributed by atoms with Crippen LogP contribution in [0.5, 0.6) is 0 Å². The number of anilines is 1. The molecule has 98 valence electrons. The molecule has 0 atom stereocenters. The van der Waals surface area contributed by atoms with Crippen molar-refractivity contribution in [3.63, 3.8) is 0 Å². The summed E-state index contributed by atoms with van der Waals surface area (Å²) in [4.78, 5) is 1.74. The third-order valence-electron chi connectivity index (χ3n) is 3.49. The molecule has 1 aliphatic heterocycles. The van der Waals surface area contributed by atoms with Crippen molar-refractivity contribution in [1.82, 2.24) is 0 Å². The molecule has 1 aliphatic rings. The second kappa shape index (κ2) is 4.61. The minimum absolute atomic E-state index is 0.119. The molecule has 0 unspecified atom stereocenters. The van der Waals surface area contributed by atoms with Gasteiger partial charge in [0.2, 0.25) is 0 Å². The van der Waals surface area contributed by atoms with Gasteiger partial charge in [-0.2, -0.15) is 0 Å². The molecule has 0 spiro atoms. The van der Waals surface area contributed by atoms with E-state index < -0.39 is 17.5 Å². The predicted molar refractivity (Wildman–Crippen MR) is 67.5 cm³/mol. The maximum absolute atomic E-state index is 13.8. The predicted octanol–water partition coefficient (Wildman–Crippen LogP) is 3.67. The highest BCUT2D eigenvalue weighted by atomic mass is 19.2. The van der Waals surface area contributed by atoms with Gasteiger partial charge in [0.05, 0.1) is 5.69 Å². The maximum atomic E-state index is 13.8. The fourth-order valence-electron chi connectivity index (χ4n) is 2.46. The highest BCUT2D eigenvalue weighted by Crippen LogP contribution is 2.28. The molecule has 19 heavy (non-hydrogen) atoms. The topological polar surface area (TPSA) is 3.24 Å². The second-order valence-electron chi connectivity index (χ2n) is 4.63. The van der Waals surface area contributed by atoms with Gasteiger partial charge in [0.25, 0.3) is 0 Å². The molecule has 0 saturated heterocycles. The van der Waals surface area contributed by atoms with Gasteiger partial charge in [0.1, 0.15) is 0 Å². The number of benzene rings is 2. The summed E-state index contributed by atoms with van der Waals surface area (Å²) >= 11 is 0. The molecule has 0 aliphatic carbocycles. The van der Waals surface area contributed by atoms with Gasteiger partial charge in [-0.05, 0) is 29.7 Å². The van der Waals surface area contributed by atoms with Crippen LogP contribution in [0.3, 0.4) is 0 Å². The van der Waals surface area contributed by atoms with Gasteiger partial charge in [0.15, 0.2) is 17.5 Å². The standard InChI is InChI=1S/C15H12F3N/c16-12-5-6-13(15(18)14(12)17)19-8-7-10-3-1-2-4-11(10)9-19/h1-6H,7-9H2. The average molecular weight is 263 g/mol. The maximum Gasteiger partial charge on any atom is 0.196 e. The summed E-state index contributed by atoms with van der Waals surface area (Å²) in [5.41, 5.74) is 2.44. The number of halogens is 3. The first-order valence-electron chi connectivity index (χ1n) is 6.12. The molecule has 1 heterocycles. The molecule has 0 aromatic heterocycles. The van der Waals surface area contributed by atoms with E-state index in [0.29, 0.717) is 13.1 Å². The molecular weight excluding hydrogens is 251 g/mol. The Labute approximate surface area is 109 Å². The Morgan fingerprint density at radius 3 is 2.37 bits per heavy atom. The van der Waals surface area contributed by atoms with Crippen LogP contribution in [0.15, 0.2) is 36.4 Å². The molecule has 0 N–H and O–H groups in total. The molecule has 4 heteroatoms. The monoisotopic (exact) mass is 263 g/mol. The van der Waals surface area contributed by atoms with Crippen molar-refractivity contribution >= 4 is 5.69 Å². The lowest BCUT2D eigenvalue weighted by molar-refractivity contribution is 0.445. The molecule has 0 saturated carbocycles. The summed E-state index contributed by atoms with van der Waals surface area (Å²) in [6, 6.07) is 10.2. The third kappa shape index (κ3) is 2.07. The van der Waals surface area contributed by atoms with Crippen LogP contribution in [-0.2, 0) is 13.0 Å². The van der Waals surface area contributed by atoms with Gasteiger partial charge < -0.3 is 4.90 Å². The number of fused-ring (bicyclic) bond motifs is 1. The van der Waals surface area contributed by atoms with Gasteiger partial charge in [0, 0.05) is 13.1 Å². The van der Waals surface area contributed by atoms with Gasteiger partial charge in [-0.3, -0.25) is 0 Å². The number of hydrogen-bond donors (Lipinski definition) is 0. The Kier molecular flexibility index (Phi) is 2.93. The summed E-state index contributed by atoms with van der Waals surface area (Å²) < 4.78 is 40.0. The first-order valence-corrected chi connectivity index (χ1v) is 6.12. The fraction of sp³-hybridized carbons (Fsp3) is 0.200. The quantitative estimate of drug-likeness (QED) is 0.710. The van der Waals surface area contributed by atoms with Crippen LogP contribution in [0.25, 0.3) is 0 Å². The first kappa shape index (κ1) is 12.1. The Bertz CT molecular complexity index is 625. The average Bonchev–Trinajstić information content (AvgIpc) is 2.44. The minimum Gasteiger partial charge on any atom is -0.364 e. The SMILES string of the molecule is Fc1ccc(N2CCc3ccccc3C2)c(F)c1F. The van der Waals surface area contributed by atoms with E-state index >= 15 is 0 Å². The van der Waals surface area contributed by atoms with Gasteiger partial charge in [-0.1, -0.05) is 24.3 Å². The van der Waals surface area contributed by atoms with Crippen LogP contribution in [0.1, 0.15) is 11.1 Å². The summed E-state index contributed by atoms with van der Waals surface area (Å²) in [6.07, 6.45) is 0.772. The van der Waals surface area contributed by atoms with E-state index in [0.717, 1.165) is 18.1 Å². The van der Waals surface area contributed by atoms with E-state index in [4.69, 9.17) is 0 Å². The largest absolute Gasteiger partial charge is 0.364 e. The highest BCUT2D eigenvalue weighted by Gasteiger charge is 2.21. The Hall–Kier alpha value is -1.97. The van der Waals surface area contributed by atoms with E-state index in [9.17, 15) is 13.2 Å². The van der Waals surface area contributed by atoms with Gasteiger partial charge in [-0.25, -0.2) is 13.2 Å². The lowest BCUT2D eigenvalue weighted by Crippen LogP contribution is -2.31. The second-order valence-corrected chi connectivity index (χ2v) is 4.63. The van der Waals surface area contributed by atoms with Crippen molar-refractivity contribution in [3.05, 3.63) is 65.0 Å². The minimum atomic E-state index is -1.41. The van der Waals surface area contributed by atoms with Crippen LogP contribution in [0, 0.1) is 17.5 Å². The van der Waals surface area contributed by atoms with Gasteiger partial charge >= 0.3 is 0 Å². The van der Waals surface area contributed by atoms with Crippen molar-refractivity contribution in [2.75, 3.05) is 11.4 Å². The van der Waals surface area contributed by atoms with Crippen molar-refractivity contribution in [2.24, 2.45) is 0 Å². The van der Waals surface area contributed by atoms with E-state index in [-0.39, 0.29) is 5.69 Å². The van der Waals surface area contributed by atoms with Crippen molar-refractivity contribution in [1.29, 1.82) is 0 Å². The first-order chi connectivity index (χ1) is 9.16. The Morgan fingerprint density at radius 1 is 0.842 bits per heavy atom. The molecule has 1 nitrogen and oxygen atoms in total. The molecule has 0 amide bonds. The van der Waals surface area contributed by atoms with Crippen molar-refractivity contribution in [3.8, 4) is 0 Å². The highest BCUT2D eigenvalue weighted by molar-refractivity contribution is 5.51. The zero-order valence-corrected chi connectivity index (χ0v) is 10.2. The van der Waals surface area contributed by atoms with E-state index in [1.54, 1.807) is 4.90 Å². The van der Waals surface area contributed by atoms with E-state index in [1.807, 2.05) is 24.3 Å². The number of nitrogens with zero attached hydrogens (tertiary/aromatic N) is 1. The normalized spacial score (nSPS) is 14.4. The summed E-state index contributed by atoms with van der Waals surface area (Å²) in [5, 5.41) is 0. The fourth-order valence-corrected chi connectivity index (χ4v) is 2.46. The number of rotatable bonds is 1. The Balaban J connectivity index is 1.96. The molecule has 0 bridgehead atoms. The number of hydrogen-bond acceptors (Lipinski definition) is 1. The van der Waals surface area contributed by atoms with Crippen LogP contribution in [0.2, 0.25) is 0 Å². The Morgan fingerprint density at radius 2 is 1.58 bits per heavy atom. The lowest BCUT2D eigenvalue weighted by atomic mass is 9.99. The van der Waals surface area contributed by atoms with Gasteiger partial charge in [-0.15, -0.1) is 0 Å². The molecule has 0 radical (unpaired) electrons. The van der Waals surface area contributed by atoms with E-state index in [1.165, 1.54) is 11.6 Å². The summed E-state index contributed by atoms with van der Waals surface area (Å²) in [7, 11) is 0. The van der Waals surface area contributed by atoms with Crippen molar-refractivity contribution < 1.29 is 13.2 Å². The third-order valence-corrected chi connectivity index (χ3v) is 3.49. The molecule has 3 rings (SSSR count). The van der Waals surface area contributed by atoms with Crippen LogP contribution < -0.4 is 4.90 Å². The van der Waals surface area contributed by atoms with Crippen molar-refractivity contribution in [2.45, 2.75) is 13.0 Å². The lowest BCUT2D eigenvalue weighted by Gasteiger charge is -2.31. The molecule has 2 aromatic rings. The smallest absolute Gasteiger partial charge is 0.196 e. The zero-order chi connectivity index (χ0) is 13.4. The molecule has 0 fully saturated rings. The summed E-state index contributed by atoms with van der Waals surface area (Å²) in [6.45, 7) is 1.11. The van der Waals surface area contributed by atoms with E-state index in [2.05, 4.69) is 0 Å². The molecular formula is C15H12F3N. The zero-order valence-electron chi connectivity index (χ0n) is 10.2. The van der Waals surface area contributed by atoms with Crippen LogP contribution >= 0.6 is 0 Å². The summed E-state index contributed by atoms with van der Waals surface area (Å²) in [5.74, 6) is -3.67. The van der Waals surface area contributed by atoms with Crippen LogP contribution in [-0.4, -0.2) is 6.54 Å². The van der Waals surface area contributed by atoms with Crippen LogP contribution in [0.4, 0.5) is 18.9 Å².